The molecule has 170 valence electrons. The Morgan fingerprint density at radius 3 is 2.50 bits per heavy atom. The summed E-state index contributed by atoms with van der Waals surface area (Å²) < 4.78 is 0. The van der Waals surface area contributed by atoms with Crippen LogP contribution in [0, 0.1) is 52.3 Å². The average molecular weight is 413 g/mol. The lowest BCUT2D eigenvalue weighted by Crippen LogP contribution is -2.50. The number of hydrogen-bond donors (Lipinski definition) is 1. The molecule has 4 rings (SSSR count). The highest BCUT2D eigenvalue weighted by atomic mass is 16.3. The number of fused-ring (bicyclic) bond motifs is 5. The van der Waals surface area contributed by atoms with E-state index >= 15 is 0 Å². The standard InChI is InChI=1S/C29H48O/c1-7-21(19(2)3)9-8-20(4)25-12-13-26-24-11-10-22-18-23(30)14-16-28(22,5)27(24)15-17-29(25,26)6/h8-10,19-21,23-27,30H,7,11-18H2,1-6H3/b9-8+/t20-,21-,23+,24?,25-,26+,27?,28+,29-/m1/s1. The number of allylic oxidation sites excluding steroid dienone is 3. The SMILES string of the molecule is CC[C@H](/C=C/[C@@H](C)[C@H]1CC[C@H]2C3CC=C4C[C@@H](O)CC[C@]4(C)C3CC[C@]12C)C(C)C. The van der Waals surface area contributed by atoms with E-state index in [0.717, 1.165) is 48.3 Å². The monoisotopic (exact) mass is 412 g/mol. The van der Waals surface area contributed by atoms with E-state index in [9.17, 15) is 5.11 Å². The maximum atomic E-state index is 10.2. The molecule has 1 N–H and O–H groups in total. The summed E-state index contributed by atoms with van der Waals surface area (Å²) in [6, 6.07) is 0. The molecule has 0 bridgehead atoms. The molecule has 2 unspecified atom stereocenters. The Morgan fingerprint density at radius 2 is 1.80 bits per heavy atom. The van der Waals surface area contributed by atoms with Crippen molar-refractivity contribution in [1.29, 1.82) is 0 Å². The van der Waals surface area contributed by atoms with Crippen LogP contribution in [-0.4, -0.2) is 11.2 Å². The van der Waals surface area contributed by atoms with Crippen LogP contribution in [0.25, 0.3) is 0 Å². The van der Waals surface area contributed by atoms with Crippen molar-refractivity contribution < 1.29 is 5.11 Å². The van der Waals surface area contributed by atoms with Gasteiger partial charge < -0.3 is 5.11 Å². The molecule has 1 nitrogen and oxygen atoms in total. The van der Waals surface area contributed by atoms with E-state index in [-0.39, 0.29) is 6.10 Å². The van der Waals surface area contributed by atoms with Crippen LogP contribution in [0.5, 0.6) is 0 Å². The molecular formula is C29H48O. The van der Waals surface area contributed by atoms with Crippen LogP contribution in [-0.2, 0) is 0 Å². The summed E-state index contributed by atoms with van der Waals surface area (Å²) in [7, 11) is 0. The van der Waals surface area contributed by atoms with Gasteiger partial charge in [-0.05, 0) is 110 Å². The quantitative estimate of drug-likeness (QED) is 0.457. The summed E-state index contributed by atoms with van der Waals surface area (Å²) in [6.45, 7) is 14.8. The Balaban J connectivity index is 1.52. The van der Waals surface area contributed by atoms with Gasteiger partial charge in [-0.15, -0.1) is 0 Å². The second-order valence-electron chi connectivity index (χ2n) is 12.4. The molecule has 30 heavy (non-hydrogen) atoms. The van der Waals surface area contributed by atoms with Crippen LogP contribution >= 0.6 is 0 Å². The van der Waals surface area contributed by atoms with E-state index < -0.39 is 0 Å². The minimum Gasteiger partial charge on any atom is -0.393 e. The molecule has 0 radical (unpaired) electrons. The van der Waals surface area contributed by atoms with Gasteiger partial charge in [0.2, 0.25) is 0 Å². The number of rotatable bonds is 5. The Bertz CT molecular complexity index is 674. The molecule has 3 fully saturated rings. The largest absolute Gasteiger partial charge is 0.393 e. The summed E-state index contributed by atoms with van der Waals surface area (Å²) in [6.07, 6.45) is 19.1. The molecule has 9 atom stereocenters. The van der Waals surface area contributed by atoms with Crippen molar-refractivity contribution in [2.24, 2.45) is 52.3 Å². The molecule has 0 spiro atoms. The summed E-state index contributed by atoms with van der Waals surface area (Å²) >= 11 is 0. The van der Waals surface area contributed by atoms with Crippen molar-refractivity contribution in [1.82, 2.24) is 0 Å². The van der Waals surface area contributed by atoms with Gasteiger partial charge in [-0.3, -0.25) is 0 Å². The first-order chi connectivity index (χ1) is 14.2. The van der Waals surface area contributed by atoms with Crippen molar-refractivity contribution in [3.8, 4) is 0 Å². The number of hydrogen-bond acceptors (Lipinski definition) is 1. The third-order valence-electron chi connectivity index (χ3n) is 10.8. The van der Waals surface area contributed by atoms with E-state index in [0.29, 0.717) is 16.7 Å². The van der Waals surface area contributed by atoms with Gasteiger partial charge in [0.25, 0.3) is 0 Å². The van der Waals surface area contributed by atoms with Gasteiger partial charge in [-0.25, -0.2) is 0 Å². The van der Waals surface area contributed by atoms with E-state index in [1.165, 1.54) is 44.9 Å². The molecule has 4 aliphatic carbocycles. The molecule has 0 aromatic heterocycles. The van der Waals surface area contributed by atoms with Crippen molar-refractivity contribution in [2.75, 3.05) is 0 Å². The highest BCUT2D eigenvalue weighted by molar-refractivity contribution is 5.25. The van der Waals surface area contributed by atoms with Crippen LogP contribution in [0.4, 0.5) is 0 Å². The Morgan fingerprint density at radius 1 is 1.03 bits per heavy atom. The number of aliphatic hydroxyl groups is 1. The highest BCUT2D eigenvalue weighted by Gasteiger charge is 2.58. The molecule has 4 aliphatic rings. The van der Waals surface area contributed by atoms with Crippen LogP contribution in [0.15, 0.2) is 23.8 Å². The lowest BCUT2D eigenvalue weighted by molar-refractivity contribution is -0.0540. The fourth-order valence-electron chi connectivity index (χ4n) is 8.83. The van der Waals surface area contributed by atoms with Gasteiger partial charge in [0, 0.05) is 0 Å². The van der Waals surface area contributed by atoms with Gasteiger partial charge in [0.1, 0.15) is 0 Å². The van der Waals surface area contributed by atoms with Gasteiger partial charge >= 0.3 is 0 Å². The molecule has 1 heteroatoms. The molecule has 0 aromatic rings. The smallest absolute Gasteiger partial charge is 0.0577 e. The van der Waals surface area contributed by atoms with E-state index in [2.05, 4.69) is 59.8 Å². The second kappa shape index (κ2) is 8.42. The zero-order chi connectivity index (χ0) is 21.7. The van der Waals surface area contributed by atoms with Gasteiger partial charge in [0.15, 0.2) is 0 Å². The maximum Gasteiger partial charge on any atom is 0.0577 e. The lowest BCUT2D eigenvalue weighted by Gasteiger charge is -2.58. The third kappa shape index (κ3) is 3.66. The summed E-state index contributed by atoms with van der Waals surface area (Å²) in [5.74, 6) is 5.70. The Labute approximate surface area is 186 Å². The van der Waals surface area contributed by atoms with Crippen LogP contribution in [0.1, 0.15) is 99.3 Å². The lowest BCUT2D eigenvalue weighted by atomic mass is 9.47. The van der Waals surface area contributed by atoms with Crippen molar-refractivity contribution in [3.05, 3.63) is 23.8 Å². The average Bonchev–Trinajstić information content (AvgIpc) is 3.06. The molecule has 0 aliphatic heterocycles. The predicted molar refractivity (Wildman–Crippen MR) is 128 cm³/mol. The Hall–Kier alpha value is -0.560. The normalized spacial score (nSPS) is 45.6. The highest BCUT2D eigenvalue weighted by Crippen LogP contribution is 2.67. The topological polar surface area (TPSA) is 20.2 Å². The van der Waals surface area contributed by atoms with Crippen LogP contribution < -0.4 is 0 Å². The van der Waals surface area contributed by atoms with Crippen molar-refractivity contribution in [2.45, 2.75) is 105 Å². The molecule has 0 aromatic carbocycles. The molecule has 0 saturated heterocycles. The molecule has 0 amide bonds. The van der Waals surface area contributed by atoms with Crippen LogP contribution in [0.2, 0.25) is 0 Å². The fraction of sp³-hybridized carbons (Fsp3) is 0.862. The minimum atomic E-state index is -0.0870. The van der Waals surface area contributed by atoms with E-state index in [1.807, 2.05) is 0 Å². The van der Waals surface area contributed by atoms with Gasteiger partial charge in [-0.2, -0.15) is 0 Å². The maximum absolute atomic E-state index is 10.2. The fourth-order valence-corrected chi connectivity index (χ4v) is 8.83. The zero-order valence-corrected chi connectivity index (χ0v) is 20.7. The summed E-state index contributed by atoms with van der Waals surface area (Å²) in [4.78, 5) is 0. The van der Waals surface area contributed by atoms with E-state index in [4.69, 9.17) is 0 Å². The predicted octanol–water partition coefficient (Wildman–Crippen LogP) is 7.80. The number of aliphatic hydroxyl groups excluding tert-OH is 1. The first-order valence-corrected chi connectivity index (χ1v) is 13.3. The van der Waals surface area contributed by atoms with Crippen molar-refractivity contribution >= 4 is 0 Å². The molecule has 3 saturated carbocycles. The molecule has 0 heterocycles. The van der Waals surface area contributed by atoms with Crippen molar-refractivity contribution in [3.63, 3.8) is 0 Å². The zero-order valence-electron chi connectivity index (χ0n) is 20.7. The third-order valence-corrected chi connectivity index (χ3v) is 10.8. The summed E-state index contributed by atoms with van der Waals surface area (Å²) in [5.41, 5.74) is 2.51. The van der Waals surface area contributed by atoms with Crippen LogP contribution in [0.3, 0.4) is 0 Å². The molecular weight excluding hydrogens is 364 g/mol. The van der Waals surface area contributed by atoms with Gasteiger partial charge in [-0.1, -0.05) is 65.3 Å². The minimum absolute atomic E-state index is 0.0870. The second-order valence-corrected chi connectivity index (χ2v) is 12.4. The van der Waals surface area contributed by atoms with Gasteiger partial charge in [0.05, 0.1) is 6.10 Å². The summed E-state index contributed by atoms with van der Waals surface area (Å²) in [5, 5.41) is 10.2. The first-order valence-electron chi connectivity index (χ1n) is 13.3. The first kappa shape index (κ1) is 22.6. The Kier molecular flexibility index (Phi) is 6.35. The van der Waals surface area contributed by atoms with E-state index in [1.54, 1.807) is 5.57 Å².